The third kappa shape index (κ3) is 4.23. The lowest BCUT2D eigenvalue weighted by molar-refractivity contribution is 0.122. The molecule has 0 spiro atoms. The van der Waals surface area contributed by atoms with Gasteiger partial charge < -0.3 is 25.0 Å². The quantitative estimate of drug-likeness (QED) is 0.575. The number of methoxy groups -OCH3 is 1. The summed E-state index contributed by atoms with van der Waals surface area (Å²) in [6, 6.07) is 5.13. The lowest BCUT2D eigenvalue weighted by Crippen LogP contribution is -2.41. The summed E-state index contributed by atoms with van der Waals surface area (Å²) < 4.78 is 40.4. The largest absolute Gasteiger partial charge is 0.494 e. The van der Waals surface area contributed by atoms with E-state index in [1.807, 2.05) is 4.90 Å². The predicted octanol–water partition coefficient (Wildman–Crippen LogP) is 2.17. The van der Waals surface area contributed by atoms with Crippen molar-refractivity contribution >= 4 is 22.9 Å². The number of benzene rings is 1. The highest BCUT2D eigenvalue weighted by Crippen LogP contribution is 2.32. The van der Waals surface area contributed by atoms with Crippen molar-refractivity contribution in [2.24, 2.45) is 11.7 Å². The monoisotopic (exact) mass is 474 g/mol. The molecule has 10 nitrogen and oxygen atoms in total. The zero-order valence-corrected chi connectivity index (χ0v) is 19.0. The molecule has 0 saturated carbocycles. The molecule has 2 aromatic heterocycles. The van der Waals surface area contributed by atoms with Crippen LogP contribution >= 0.6 is 0 Å². The lowest BCUT2D eigenvalue weighted by atomic mass is 9.99. The molecule has 5 rings (SSSR count). The van der Waals surface area contributed by atoms with E-state index in [0.717, 1.165) is 19.4 Å². The Morgan fingerprint density at radius 3 is 2.50 bits per heavy atom. The average molecular weight is 475 g/mol. The van der Waals surface area contributed by atoms with Crippen LogP contribution in [0.25, 0.3) is 17.0 Å². The molecule has 1 atom stereocenters. The molecule has 0 amide bonds. The molecule has 2 aliphatic heterocycles. The molecule has 1 aromatic carbocycles. The Morgan fingerprint density at radius 2 is 1.79 bits per heavy atom. The summed E-state index contributed by atoms with van der Waals surface area (Å²) in [4.78, 5) is 22.3. The summed E-state index contributed by atoms with van der Waals surface area (Å²) >= 11 is 0. The fourth-order valence-electron chi connectivity index (χ4n) is 4.54. The highest BCUT2D eigenvalue weighted by Gasteiger charge is 2.28. The van der Waals surface area contributed by atoms with Crippen LogP contribution in [0.2, 0.25) is 0 Å². The van der Waals surface area contributed by atoms with Crippen molar-refractivity contribution < 1.29 is 18.3 Å². The Morgan fingerprint density at radius 1 is 1.06 bits per heavy atom. The first-order valence-electron chi connectivity index (χ1n) is 11.5. The number of nitrogens with zero attached hydrogens (tertiary/aromatic N) is 7. The minimum absolute atomic E-state index is 0.104. The van der Waals surface area contributed by atoms with Crippen molar-refractivity contribution in [3.05, 3.63) is 24.0 Å². The number of para-hydroxylation sites is 1. The number of morpholine rings is 1. The number of nitrogens with two attached hydrogens (primary N) is 1. The van der Waals surface area contributed by atoms with Crippen LogP contribution in [-0.4, -0.2) is 77.6 Å². The minimum atomic E-state index is -2.83. The Hall–Kier alpha value is -3.12. The number of aromatic nitrogens is 5. The molecule has 2 saturated heterocycles. The fraction of sp³-hybridized carbons (Fsp3) is 0.545. The van der Waals surface area contributed by atoms with Crippen molar-refractivity contribution in [1.29, 1.82) is 0 Å². The molecule has 34 heavy (non-hydrogen) atoms. The molecule has 182 valence electrons. The van der Waals surface area contributed by atoms with Crippen molar-refractivity contribution in [3.8, 4) is 11.7 Å². The minimum Gasteiger partial charge on any atom is -0.494 e. The molecule has 2 fully saturated rings. The van der Waals surface area contributed by atoms with Gasteiger partial charge in [0, 0.05) is 26.2 Å². The Bertz CT molecular complexity index is 1150. The Balaban J connectivity index is 1.68. The van der Waals surface area contributed by atoms with Crippen LogP contribution in [0.1, 0.15) is 25.1 Å². The van der Waals surface area contributed by atoms with E-state index < -0.39 is 12.2 Å². The van der Waals surface area contributed by atoms with Crippen molar-refractivity contribution in [2.45, 2.75) is 19.3 Å². The maximum absolute atomic E-state index is 14.1. The van der Waals surface area contributed by atoms with Gasteiger partial charge >= 0.3 is 0 Å². The summed E-state index contributed by atoms with van der Waals surface area (Å²) in [5.74, 6) is 1.28. The van der Waals surface area contributed by atoms with E-state index in [0.29, 0.717) is 74.0 Å². The second kappa shape index (κ2) is 9.63. The molecule has 4 heterocycles. The van der Waals surface area contributed by atoms with Gasteiger partial charge in [0.1, 0.15) is 11.3 Å². The first kappa shape index (κ1) is 22.7. The average Bonchev–Trinajstić information content (AvgIpc) is 3.29. The third-order valence-electron chi connectivity index (χ3n) is 6.32. The van der Waals surface area contributed by atoms with Gasteiger partial charge in [0.2, 0.25) is 17.8 Å². The van der Waals surface area contributed by atoms with Crippen LogP contribution in [0.4, 0.5) is 20.7 Å². The highest BCUT2D eigenvalue weighted by atomic mass is 19.3. The van der Waals surface area contributed by atoms with E-state index in [4.69, 9.17) is 20.2 Å². The number of ether oxygens (including phenoxy) is 2. The SMILES string of the molecule is COc1cccc2c1nc(C(F)F)n2-c1nc(N2CCOCC2)nc(N2CCCC(CN)C2)n1. The summed E-state index contributed by atoms with van der Waals surface area (Å²) in [6.07, 6.45) is -0.827. The second-order valence-corrected chi connectivity index (χ2v) is 8.46. The van der Waals surface area contributed by atoms with Crippen LogP contribution in [0.15, 0.2) is 18.2 Å². The lowest BCUT2D eigenvalue weighted by Gasteiger charge is -2.33. The first-order chi connectivity index (χ1) is 16.6. The maximum atomic E-state index is 14.1. The van der Waals surface area contributed by atoms with Gasteiger partial charge in [-0.25, -0.2) is 13.8 Å². The molecular formula is C22H28F2N8O2. The number of alkyl halides is 2. The van der Waals surface area contributed by atoms with Gasteiger partial charge in [0.15, 0.2) is 5.82 Å². The maximum Gasteiger partial charge on any atom is 0.296 e. The molecule has 0 aliphatic carbocycles. The number of piperidine rings is 1. The summed E-state index contributed by atoms with van der Waals surface area (Å²) in [5.41, 5.74) is 6.70. The van der Waals surface area contributed by atoms with E-state index in [1.165, 1.54) is 11.7 Å². The van der Waals surface area contributed by atoms with Crippen LogP contribution in [0, 0.1) is 5.92 Å². The number of halogens is 2. The molecule has 12 heteroatoms. The summed E-state index contributed by atoms with van der Waals surface area (Å²) in [5, 5.41) is 0. The number of rotatable bonds is 6. The molecule has 2 N–H and O–H groups in total. The van der Waals surface area contributed by atoms with Crippen LogP contribution in [-0.2, 0) is 4.74 Å². The molecule has 0 bridgehead atoms. The highest BCUT2D eigenvalue weighted by molar-refractivity contribution is 5.84. The number of imidazole rings is 1. The molecular weight excluding hydrogens is 446 g/mol. The Kier molecular flexibility index (Phi) is 6.42. The van der Waals surface area contributed by atoms with Crippen molar-refractivity contribution in [3.63, 3.8) is 0 Å². The zero-order valence-electron chi connectivity index (χ0n) is 19.0. The van der Waals surface area contributed by atoms with Crippen LogP contribution < -0.4 is 20.3 Å². The van der Waals surface area contributed by atoms with Crippen molar-refractivity contribution in [2.75, 3.05) is 62.8 Å². The van der Waals surface area contributed by atoms with Gasteiger partial charge in [-0.2, -0.15) is 15.0 Å². The topological polar surface area (TPSA) is 107 Å². The van der Waals surface area contributed by atoms with Gasteiger partial charge in [-0.3, -0.25) is 4.57 Å². The van der Waals surface area contributed by atoms with E-state index in [2.05, 4.69) is 19.9 Å². The standard InChI is InChI=1S/C22H28F2N8O2/c1-33-16-6-2-5-15-17(16)26-19(18(23)24)32(15)22-28-20(30-8-10-34-11-9-30)27-21(29-22)31-7-3-4-14(12-25)13-31/h2,5-6,14,18H,3-4,7-13,25H2,1H3. The van der Waals surface area contributed by atoms with Crippen LogP contribution in [0.3, 0.4) is 0 Å². The number of anilines is 2. The number of hydrogen-bond donors (Lipinski definition) is 1. The molecule has 0 radical (unpaired) electrons. The smallest absolute Gasteiger partial charge is 0.296 e. The zero-order chi connectivity index (χ0) is 23.7. The predicted molar refractivity (Wildman–Crippen MR) is 123 cm³/mol. The third-order valence-corrected chi connectivity index (χ3v) is 6.32. The van der Waals surface area contributed by atoms with Gasteiger partial charge in [-0.15, -0.1) is 0 Å². The molecule has 1 unspecified atom stereocenters. The van der Waals surface area contributed by atoms with E-state index >= 15 is 0 Å². The number of hydrogen-bond acceptors (Lipinski definition) is 9. The van der Waals surface area contributed by atoms with E-state index in [-0.39, 0.29) is 5.95 Å². The molecule has 3 aromatic rings. The van der Waals surface area contributed by atoms with E-state index in [9.17, 15) is 8.78 Å². The molecule has 2 aliphatic rings. The fourth-order valence-corrected chi connectivity index (χ4v) is 4.54. The normalized spacial score (nSPS) is 19.3. The first-order valence-corrected chi connectivity index (χ1v) is 11.5. The van der Waals surface area contributed by atoms with Gasteiger partial charge in [0.05, 0.1) is 25.8 Å². The van der Waals surface area contributed by atoms with Gasteiger partial charge in [0.25, 0.3) is 6.43 Å². The van der Waals surface area contributed by atoms with Gasteiger partial charge in [-0.1, -0.05) is 6.07 Å². The second-order valence-electron chi connectivity index (χ2n) is 8.46. The van der Waals surface area contributed by atoms with Gasteiger partial charge in [-0.05, 0) is 37.4 Å². The van der Waals surface area contributed by atoms with Crippen LogP contribution in [0.5, 0.6) is 5.75 Å². The summed E-state index contributed by atoms with van der Waals surface area (Å²) in [7, 11) is 1.48. The summed E-state index contributed by atoms with van der Waals surface area (Å²) in [6.45, 7) is 4.35. The van der Waals surface area contributed by atoms with Crippen molar-refractivity contribution in [1.82, 2.24) is 24.5 Å². The van der Waals surface area contributed by atoms with E-state index in [1.54, 1.807) is 18.2 Å². The number of fused-ring (bicyclic) bond motifs is 1. The Labute approximate surface area is 195 Å².